The fraction of sp³-hybridized carbons (Fsp3) is 0.407. The van der Waals surface area contributed by atoms with Crippen molar-refractivity contribution in [2.75, 3.05) is 64.5 Å². The number of morpholine rings is 1. The summed E-state index contributed by atoms with van der Waals surface area (Å²) in [5.74, 6) is 1.01. The first-order chi connectivity index (χ1) is 17.2. The van der Waals surface area contributed by atoms with Crippen LogP contribution in [0.25, 0.3) is 10.6 Å². The van der Waals surface area contributed by atoms with Gasteiger partial charge in [-0.3, -0.25) is 9.69 Å². The summed E-state index contributed by atoms with van der Waals surface area (Å²) in [7, 11) is 1.70. The molecule has 0 saturated carbocycles. The van der Waals surface area contributed by atoms with Crippen molar-refractivity contribution in [3.63, 3.8) is 0 Å². The van der Waals surface area contributed by atoms with Crippen LogP contribution in [0.3, 0.4) is 0 Å². The standard InChI is InChI=1S/C27H32N4O3S/c1-33-25-5-3-2-4-24(25)30-10-12-31(13-11-30)26(32)18-23-20-35-27(28-23)22-8-6-21(7-9-22)19-29-14-16-34-17-15-29/h2-9,20H,10-19H2,1H3. The molecule has 3 aromatic rings. The fourth-order valence-electron chi connectivity index (χ4n) is 4.65. The van der Waals surface area contributed by atoms with Gasteiger partial charge in [0.2, 0.25) is 5.91 Å². The number of piperazine rings is 1. The van der Waals surface area contributed by atoms with Crippen LogP contribution < -0.4 is 9.64 Å². The van der Waals surface area contributed by atoms with Crippen molar-refractivity contribution in [2.24, 2.45) is 0 Å². The van der Waals surface area contributed by atoms with Crippen LogP contribution in [-0.4, -0.2) is 80.3 Å². The molecule has 0 atom stereocenters. The van der Waals surface area contributed by atoms with E-state index in [2.05, 4.69) is 40.1 Å². The zero-order chi connectivity index (χ0) is 24.0. The van der Waals surface area contributed by atoms with Gasteiger partial charge in [0.1, 0.15) is 10.8 Å². The van der Waals surface area contributed by atoms with Gasteiger partial charge < -0.3 is 19.3 Å². The summed E-state index contributed by atoms with van der Waals surface area (Å²) in [6.45, 7) is 7.56. The number of benzene rings is 2. The van der Waals surface area contributed by atoms with Crippen LogP contribution in [0.1, 0.15) is 11.3 Å². The lowest BCUT2D eigenvalue weighted by atomic mass is 10.1. The minimum atomic E-state index is 0.141. The number of para-hydroxylation sites is 2. The van der Waals surface area contributed by atoms with E-state index in [9.17, 15) is 4.79 Å². The van der Waals surface area contributed by atoms with Crippen molar-refractivity contribution in [3.05, 3.63) is 65.2 Å². The van der Waals surface area contributed by atoms with Crippen molar-refractivity contribution in [3.8, 4) is 16.3 Å². The first-order valence-electron chi connectivity index (χ1n) is 12.2. The van der Waals surface area contributed by atoms with Crippen LogP contribution >= 0.6 is 11.3 Å². The third kappa shape index (κ3) is 5.83. The molecule has 1 aromatic heterocycles. The molecular weight excluding hydrogens is 460 g/mol. The second-order valence-electron chi connectivity index (χ2n) is 8.95. The summed E-state index contributed by atoms with van der Waals surface area (Å²) in [5.41, 5.74) is 4.33. The molecule has 3 heterocycles. The topological polar surface area (TPSA) is 58.1 Å². The Hall–Kier alpha value is -2.94. The van der Waals surface area contributed by atoms with E-state index in [1.807, 2.05) is 28.5 Å². The number of hydrogen-bond donors (Lipinski definition) is 0. The number of methoxy groups -OCH3 is 1. The fourth-order valence-corrected chi connectivity index (χ4v) is 5.47. The van der Waals surface area contributed by atoms with E-state index in [0.717, 1.165) is 73.6 Å². The Bertz CT molecular complexity index is 1120. The minimum Gasteiger partial charge on any atom is -0.495 e. The highest BCUT2D eigenvalue weighted by Crippen LogP contribution is 2.29. The number of carbonyl (C=O) groups is 1. The molecule has 0 bridgehead atoms. The van der Waals surface area contributed by atoms with Crippen LogP contribution in [0.15, 0.2) is 53.9 Å². The van der Waals surface area contributed by atoms with E-state index in [0.29, 0.717) is 19.5 Å². The highest BCUT2D eigenvalue weighted by molar-refractivity contribution is 7.13. The highest BCUT2D eigenvalue weighted by atomic mass is 32.1. The summed E-state index contributed by atoms with van der Waals surface area (Å²) in [4.78, 5) is 24.4. The number of anilines is 1. The quantitative estimate of drug-likeness (QED) is 0.503. The molecule has 0 N–H and O–H groups in total. The third-order valence-corrected chi connectivity index (χ3v) is 7.59. The Morgan fingerprint density at radius 2 is 1.74 bits per heavy atom. The van der Waals surface area contributed by atoms with Gasteiger partial charge in [-0.1, -0.05) is 36.4 Å². The Kier molecular flexibility index (Phi) is 7.61. The molecule has 0 spiro atoms. The van der Waals surface area contributed by atoms with Crippen molar-refractivity contribution in [2.45, 2.75) is 13.0 Å². The number of amides is 1. The molecule has 2 aliphatic heterocycles. The van der Waals surface area contributed by atoms with Gasteiger partial charge in [-0.2, -0.15) is 0 Å². The predicted octanol–water partition coefficient (Wildman–Crippen LogP) is 3.54. The monoisotopic (exact) mass is 492 g/mol. The molecule has 0 aliphatic carbocycles. The van der Waals surface area contributed by atoms with Gasteiger partial charge >= 0.3 is 0 Å². The lowest BCUT2D eigenvalue weighted by molar-refractivity contribution is -0.130. The molecule has 184 valence electrons. The lowest BCUT2D eigenvalue weighted by Gasteiger charge is -2.36. The van der Waals surface area contributed by atoms with E-state index < -0.39 is 0 Å². The number of rotatable bonds is 7. The summed E-state index contributed by atoms with van der Waals surface area (Å²) >= 11 is 1.60. The largest absolute Gasteiger partial charge is 0.495 e. The summed E-state index contributed by atoms with van der Waals surface area (Å²) < 4.78 is 10.9. The van der Waals surface area contributed by atoms with Gasteiger partial charge in [-0.25, -0.2) is 4.98 Å². The van der Waals surface area contributed by atoms with E-state index in [-0.39, 0.29) is 5.91 Å². The predicted molar refractivity (Wildman–Crippen MR) is 139 cm³/mol. The smallest absolute Gasteiger partial charge is 0.228 e. The van der Waals surface area contributed by atoms with E-state index in [1.165, 1.54) is 5.56 Å². The average molecular weight is 493 g/mol. The molecule has 0 unspecified atom stereocenters. The van der Waals surface area contributed by atoms with Gasteiger partial charge in [-0.15, -0.1) is 11.3 Å². The highest BCUT2D eigenvalue weighted by Gasteiger charge is 2.23. The van der Waals surface area contributed by atoms with Crippen LogP contribution in [0, 0.1) is 0 Å². The zero-order valence-electron chi connectivity index (χ0n) is 20.2. The normalized spacial score (nSPS) is 16.9. The third-order valence-electron chi connectivity index (χ3n) is 6.65. The molecule has 2 aromatic carbocycles. The van der Waals surface area contributed by atoms with Crippen LogP contribution in [-0.2, 0) is 22.5 Å². The van der Waals surface area contributed by atoms with Crippen molar-refractivity contribution < 1.29 is 14.3 Å². The zero-order valence-corrected chi connectivity index (χ0v) is 21.0. The molecule has 8 heteroatoms. The first kappa shape index (κ1) is 23.8. The maximum Gasteiger partial charge on any atom is 0.228 e. The summed E-state index contributed by atoms with van der Waals surface area (Å²) in [6, 6.07) is 16.7. The Labute approximate surface area is 210 Å². The van der Waals surface area contributed by atoms with E-state index in [4.69, 9.17) is 14.5 Å². The summed E-state index contributed by atoms with van der Waals surface area (Å²) in [6.07, 6.45) is 0.347. The second kappa shape index (κ2) is 11.2. The van der Waals surface area contributed by atoms with Crippen molar-refractivity contribution in [1.82, 2.24) is 14.8 Å². The Morgan fingerprint density at radius 1 is 1.00 bits per heavy atom. The molecule has 0 radical (unpaired) electrons. The maximum absolute atomic E-state index is 12.9. The van der Waals surface area contributed by atoms with Crippen LogP contribution in [0.2, 0.25) is 0 Å². The Balaban J connectivity index is 1.14. The Morgan fingerprint density at radius 3 is 2.49 bits per heavy atom. The summed E-state index contributed by atoms with van der Waals surface area (Å²) in [5, 5.41) is 2.98. The van der Waals surface area contributed by atoms with E-state index >= 15 is 0 Å². The number of nitrogens with zero attached hydrogens (tertiary/aromatic N) is 4. The van der Waals surface area contributed by atoms with Gasteiger partial charge in [0.25, 0.3) is 0 Å². The lowest BCUT2D eigenvalue weighted by Crippen LogP contribution is -2.49. The van der Waals surface area contributed by atoms with Crippen LogP contribution in [0.4, 0.5) is 5.69 Å². The first-order valence-corrected chi connectivity index (χ1v) is 13.1. The number of ether oxygens (including phenoxy) is 2. The molecule has 2 aliphatic rings. The SMILES string of the molecule is COc1ccccc1N1CCN(C(=O)Cc2csc(-c3ccc(CN4CCOCC4)cc3)n2)CC1. The average Bonchev–Trinajstić information content (AvgIpc) is 3.38. The molecule has 2 fully saturated rings. The second-order valence-corrected chi connectivity index (χ2v) is 9.80. The molecule has 7 nitrogen and oxygen atoms in total. The van der Waals surface area contributed by atoms with Crippen LogP contribution in [0.5, 0.6) is 5.75 Å². The van der Waals surface area contributed by atoms with Crippen molar-refractivity contribution in [1.29, 1.82) is 0 Å². The number of hydrogen-bond acceptors (Lipinski definition) is 7. The minimum absolute atomic E-state index is 0.141. The van der Waals surface area contributed by atoms with Gasteiger partial charge in [-0.05, 0) is 17.7 Å². The van der Waals surface area contributed by atoms with Gasteiger partial charge in [0.05, 0.1) is 38.1 Å². The molecule has 5 rings (SSSR count). The van der Waals surface area contributed by atoms with E-state index in [1.54, 1.807) is 18.4 Å². The molecule has 35 heavy (non-hydrogen) atoms. The van der Waals surface area contributed by atoms with Gasteiger partial charge in [0.15, 0.2) is 0 Å². The number of thiazole rings is 1. The van der Waals surface area contributed by atoms with Gasteiger partial charge in [0, 0.05) is 56.8 Å². The number of aromatic nitrogens is 1. The molecule has 1 amide bonds. The van der Waals surface area contributed by atoms with Crippen molar-refractivity contribution >= 4 is 22.9 Å². The maximum atomic E-state index is 12.9. The molecule has 2 saturated heterocycles. The number of carbonyl (C=O) groups excluding carboxylic acids is 1. The molecular formula is C27H32N4O3S.